The minimum Gasteiger partial charge on any atom is -0.197 e. The zero-order valence-corrected chi connectivity index (χ0v) is 8.59. The van der Waals surface area contributed by atoms with Crippen LogP contribution in [-0.4, -0.2) is 16.9 Å². The maximum Gasteiger partial charge on any atom is 0.320 e. The fourth-order valence-corrected chi connectivity index (χ4v) is 1.69. The molecule has 1 aliphatic rings. The fourth-order valence-electron chi connectivity index (χ4n) is 1.69. The van der Waals surface area contributed by atoms with Gasteiger partial charge in [0, 0.05) is 0 Å². The summed E-state index contributed by atoms with van der Waals surface area (Å²) < 4.78 is 0.171. The molecule has 0 amide bonds. The Hall–Kier alpha value is -1.92. The first-order chi connectivity index (χ1) is 7.32. The van der Waals surface area contributed by atoms with Gasteiger partial charge in [0.1, 0.15) is 12.7 Å². The predicted octanol–water partition coefficient (Wildman–Crippen LogP) is 2.24. The maximum atomic E-state index is 9.24. The van der Waals surface area contributed by atoms with Gasteiger partial charge in [-0.25, -0.2) is 0 Å². The Kier molecular flexibility index (Phi) is 2.36. The van der Waals surface area contributed by atoms with Gasteiger partial charge in [-0.15, -0.1) is 9.74 Å². The van der Waals surface area contributed by atoms with E-state index in [1.165, 1.54) is 0 Å². The van der Waals surface area contributed by atoms with Crippen LogP contribution in [0, 0.1) is 11.5 Å². The third-order valence-electron chi connectivity index (χ3n) is 2.61. The van der Waals surface area contributed by atoms with Crippen molar-refractivity contribution in [2.24, 2.45) is 4.99 Å². The molecule has 0 saturated carbocycles. The molecule has 1 aromatic rings. The van der Waals surface area contributed by atoms with E-state index in [1.54, 1.807) is 6.20 Å². The van der Waals surface area contributed by atoms with Gasteiger partial charge in [-0.1, -0.05) is 18.2 Å². The van der Waals surface area contributed by atoms with Crippen LogP contribution in [-0.2, 0) is 0 Å². The molecule has 74 valence electrons. The van der Waals surface area contributed by atoms with Gasteiger partial charge in [0.15, 0.2) is 0 Å². The molecule has 0 spiro atoms. The first kappa shape index (κ1) is 9.63. The monoisotopic (exact) mass is 198 g/mol. The number of quaternary nitrogens is 1. The van der Waals surface area contributed by atoms with E-state index >= 15 is 0 Å². The lowest BCUT2D eigenvalue weighted by atomic mass is 10.2. The van der Waals surface area contributed by atoms with Gasteiger partial charge in [-0.2, -0.15) is 4.99 Å². The van der Waals surface area contributed by atoms with Crippen molar-refractivity contribution in [2.45, 2.75) is 6.92 Å². The average molecular weight is 198 g/mol. The number of benzene rings is 1. The van der Waals surface area contributed by atoms with Gasteiger partial charge in [0.25, 0.3) is 5.84 Å². The molecule has 0 aromatic heterocycles. The van der Waals surface area contributed by atoms with E-state index in [1.807, 2.05) is 43.5 Å². The van der Waals surface area contributed by atoms with Crippen LogP contribution in [0.4, 0.5) is 0 Å². The summed E-state index contributed by atoms with van der Waals surface area (Å²) in [5.41, 5.74) is 1.01. The second-order valence-corrected chi connectivity index (χ2v) is 3.40. The van der Waals surface area contributed by atoms with E-state index in [0.717, 1.165) is 11.4 Å². The number of hydrogen-bond acceptors (Lipinski definition) is 2. The minimum atomic E-state index is 0.171. The predicted molar refractivity (Wildman–Crippen MR) is 58.5 cm³/mol. The second kappa shape index (κ2) is 3.68. The summed E-state index contributed by atoms with van der Waals surface area (Å²) in [5, 5.41) is 9.24. The van der Waals surface area contributed by atoms with Crippen molar-refractivity contribution >= 4 is 5.84 Å². The molecular weight excluding hydrogens is 186 g/mol. The molecule has 1 aromatic carbocycles. The van der Waals surface area contributed by atoms with Crippen molar-refractivity contribution in [3.05, 3.63) is 48.3 Å². The zero-order valence-electron chi connectivity index (χ0n) is 8.59. The quantitative estimate of drug-likeness (QED) is 0.530. The van der Waals surface area contributed by atoms with E-state index in [4.69, 9.17) is 0 Å². The van der Waals surface area contributed by atoms with Gasteiger partial charge in [0.2, 0.25) is 0 Å². The summed E-state index contributed by atoms with van der Waals surface area (Å²) in [6, 6.07) is 9.83. The fraction of sp³-hybridized carbons (Fsp3) is 0.167. The summed E-state index contributed by atoms with van der Waals surface area (Å²) in [5.74, 6) is 0.806. The highest BCUT2D eigenvalue weighted by molar-refractivity contribution is 5.95. The minimum absolute atomic E-state index is 0.171. The molecule has 1 unspecified atom stereocenters. The highest BCUT2D eigenvalue weighted by Crippen LogP contribution is 2.20. The van der Waals surface area contributed by atoms with Crippen molar-refractivity contribution in [2.75, 3.05) is 6.54 Å². The standard InChI is InChI=1S/C12H12N3/c1-2-15(10-13)9-8-14-12(15)11-6-4-3-5-7-11/h3-9H,2H2,1H3/q+1. The third kappa shape index (κ3) is 1.45. The van der Waals surface area contributed by atoms with Crippen LogP contribution >= 0.6 is 0 Å². The lowest BCUT2D eigenvalue weighted by Crippen LogP contribution is -2.41. The first-order valence-electron chi connectivity index (χ1n) is 4.93. The van der Waals surface area contributed by atoms with Crippen LogP contribution in [0.1, 0.15) is 12.5 Å². The number of rotatable bonds is 2. The van der Waals surface area contributed by atoms with Gasteiger partial charge in [0.05, 0.1) is 11.8 Å². The first-order valence-corrected chi connectivity index (χ1v) is 4.93. The molecule has 1 heterocycles. The molecule has 1 atom stereocenters. The average Bonchev–Trinajstić information content (AvgIpc) is 2.74. The summed E-state index contributed by atoms with van der Waals surface area (Å²) >= 11 is 0. The van der Waals surface area contributed by atoms with Crippen LogP contribution in [0.3, 0.4) is 0 Å². The van der Waals surface area contributed by atoms with E-state index in [2.05, 4.69) is 11.2 Å². The lowest BCUT2D eigenvalue weighted by molar-refractivity contribution is -0.710. The summed E-state index contributed by atoms with van der Waals surface area (Å²) in [6.45, 7) is 2.68. The Morgan fingerprint density at radius 1 is 1.33 bits per heavy atom. The number of amidine groups is 1. The Morgan fingerprint density at radius 2 is 2.07 bits per heavy atom. The SMILES string of the molecule is CC[N+]1(C#N)C=CN=C1c1ccccc1. The van der Waals surface area contributed by atoms with E-state index in [0.29, 0.717) is 6.54 Å². The Bertz CT molecular complexity index is 454. The number of hydrogen-bond donors (Lipinski definition) is 0. The highest BCUT2D eigenvalue weighted by Gasteiger charge is 2.35. The lowest BCUT2D eigenvalue weighted by Gasteiger charge is -2.20. The van der Waals surface area contributed by atoms with Crippen molar-refractivity contribution in [1.29, 1.82) is 5.26 Å². The maximum absolute atomic E-state index is 9.24. The summed E-state index contributed by atoms with van der Waals surface area (Å²) in [7, 11) is 0. The van der Waals surface area contributed by atoms with Gasteiger partial charge >= 0.3 is 6.19 Å². The molecule has 15 heavy (non-hydrogen) atoms. The van der Waals surface area contributed by atoms with Gasteiger partial charge < -0.3 is 0 Å². The Morgan fingerprint density at radius 3 is 2.67 bits per heavy atom. The second-order valence-electron chi connectivity index (χ2n) is 3.40. The van der Waals surface area contributed by atoms with Crippen LogP contribution in [0.2, 0.25) is 0 Å². The van der Waals surface area contributed by atoms with Crippen molar-refractivity contribution in [1.82, 2.24) is 0 Å². The smallest absolute Gasteiger partial charge is 0.197 e. The molecule has 3 heteroatoms. The molecule has 0 radical (unpaired) electrons. The molecule has 0 aliphatic carbocycles. The molecule has 0 fully saturated rings. The van der Waals surface area contributed by atoms with Crippen LogP contribution in [0.25, 0.3) is 0 Å². The van der Waals surface area contributed by atoms with Crippen LogP contribution in [0.5, 0.6) is 0 Å². The van der Waals surface area contributed by atoms with E-state index < -0.39 is 0 Å². The van der Waals surface area contributed by atoms with Crippen LogP contribution < -0.4 is 0 Å². The third-order valence-corrected chi connectivity index (χ3v) is 2.61. The molecule has 1 aliphatic heterocycles. The molecule has 3 nitrogen and oxygen atoms in total. The van der Waals surface area contributed by atoms with Crippen molar-refractivity contribution in [3.63, 3.8) is 0 Å². The number of nitriles is 1. The Balaban J connectivity index is 2.45. The molecule has 0 N–H and O–H groups in total. The molecule has 0 bridgehead atoms. The van der Waals surface area contributed by atoms with Crippen molar-refractivity contribution < 1.29 is 4.48 Å². The highest BCUT2D eigenvalue weighted by atomic mass is 15.4. The summed E-state index contributed by atoms with van der Waals surface area (Å²) in [4.78, 5) is 4.29. The molecule has 2 rings (SSSR count). The molecule has 0 saturated heterocycles. The normalized spacial score (nSPS) is 23.6. The summed E-state index contributed by atoms with van der Waals surface area (Å²) in [6.07, 6.45) is 5.82. The van der Waals surface area contributed by atoms with E-state index in [9.17, 15) is 5.26 Å². The number of aliphatic imine (C=N–C) groups is 1. The number of nitrogens with zero attached hydrogens (tertiary/aromatic N) is 3. The van der Waals surface area contributed by atoms with Gasteiger partial charge in [-0.3, -0.25) is 0 Å². The van der Waals surface area contributed by atoms with Crippen LogP contribution in [0.15, 0.2) is 47.7 Å². The van der Waals surface area contributed by atoms with Crippen molar-refractivity contribution in [3.8, 4) is 6.19 Å². The Labute approximate surface area is 89.2 Å². The molecular formula is C12H12N3+. The zero-order chi connectivity index (χ0) is 10.7. The topological polar surface area (TPSA) is 36.1 Å². The largest absolute Gasteiger partial charge is 0.320 e. The van der Waals surface area contributed by atoms with E-state index in [-0.39, 0.29) is 4.48 Å². The van der Waals surface area contributed by atoms with Gasteiger partial charge in [-0.05, 0) is 19.1 Å².